The van der Waals surface area contributed by atoms with E-state index in [1.165, 1.54) is 0 Å². The summed E-state index contributed by atoms with van der Waals surface area (Å²) in [4.78, 5) is 13.6. The molecule has 34 heavy (non-hydrogen) atoms. The van der Waals surface area contributed by atoms with E-state index in [9.17, 15) is 4.79 Å². The number of carbonyl (C=O) groups is 1. The third kappa shape index (κ3) is 4.08. The molecule has 0 bridgehead atoms. The van der Waals surface area contributed by atoms with Crippen molar-refractivity contribution >= 4 is 5.91 Å². The molecular weight excluding hydrogens is 430 g/mol. The molecule has 1 N–H and O–H groups in total. The standard InChI is InChI=1S/C27H25N3O4/c1-32-19-12-13-24(33-2)21(16-19)26-22(17-30(29-26)18-8-4-3-5-9-18)27(31)28-23-14-15-34-25-11-7-6-10-20(23)25/h3-13,16-17,23H,14-15H2,1-2H3,(H,28,31)/t23-/m0/s1. The van der Waals surface area contributed by atoms with Crippen molar-refractivity contribution in [3.63, 3.8) is 0 Å². The zero-order valence-corrected chi connectivity index (χ0v) is 19.0. The summed E-state index contributed by atoms with van der Waals surface area (Å²) < 4.78 is 18.5. The summed E-state index contributed by atoms with van der Waals surface area (Å²) in [5.74, 6) is 1.83. The second-order valence-electron chi connectivity index (χ2n) is 7.94. The normalized spacial score (nSPS) is 14.6. The fraction of sp³-hybridized carbons (Fsp3) is 0.185. The zero-order valence-electron chi connectivity index (χ0n) is 19.0. The number of benzene rings is 3. The minimum absolute atomic E-state index is 0.155. The molecule has 0 aliphatic carbocycles. The van der Waals surface area contributed by atoms with Crippen LogP contribution >= 0.6 is 0 Å². The molecule has 7 heteroatoms. The van der Waals surface area contributed by atoms with E-state index in [2.05, 4.69) is 5.32 Å². The van der Waals surface area contributed by atoms with Crippen LogP contribution in [0.3, 0.4) is 0 Å². The largest absolute Gasteiger partial charge is 0.497 e. The fourth-order valence-electron chi connectivity index (χ4n) is 4.18. The molecule has 1 aliphatic heterocycles. The Kier molecular flexibility index (Phi) is 5.91. The lowest BCUT2D eigenvalue weighted by Gasteiger charge is -2.26. The number of para-hydroxylation sites is 2. The van der Waals surface area contributed by atoms with Crippen LogP contribution in [0.5, 0.6) is 17.2 Å². The van der Waals surface area contributed by atoms with E-state index in [-0.39, 0.29) is 11.9 Å². The molecule has 0 fully saturated rings. The summed E-state index contributed by atoms with van der Waals surface area (Å²) in [6, 6.07) is 22.8. The second kappa shape index (κ2) is 9.31. The maximum atomic E-state index is 13.6. The minimum Gasteiger partial charge on any atom is -0.497 e. The summed E-state index contributed by atoms with van der Waals surface area (Å²) in [6.45, 7) is 0.543. The summed E-state index contributed by atoms with van der Waals surface area (Å²) in [5.41, 5.74) is 3.45. The van der Waals surface area contributed by atoms with E-state index in [1.54, 1.807) is 25.1 Å². The number of ether oxygens (including phenoxy) is 3. The van der Waals surface area contributed by atoms with Crippen LogP contribution in [0.4, 0.5) is 0 Å². The average Bonchev–Trinajstić information content (AvgIpc) is 3.35. The predicted octanol–water partition coefficient (Wildman–Crippen LogP) is 4.81. The monoisotopic (exact) mass is 455 g/mol. The van der Waals surface area contributed by atoms with Crippen molar-refractivity contribution in [2.45, 2.75) is 12.5 Å². The molecule has 1 amide bonds. The third-order valence-corrected chi connectivity index (χ3v) is 5.91. The Morgan fingerprint density at radius 3 is 2.62 bits per heavy atom. The highest BCUT2D eigenvalue weighted by Crippen LogP contribution is 2.36. The molecule has 3 aromatic carbocycles. The van der Waals surface area contributed by atoms with Gasteiger partial charge in [-0.15, -0.1) is 0 Å². The van der Waals surface area contributed by atoms with Gasteiger partial charge in [0.1, 0.15) is 22.9 Å². The number of rotatable bonds is 6. The molecule has 0 unspecified atom stereocenters. The molecule has 0 saturated carbocycles. The van der Waals surface area contributed by atoms with Crippen molar-refractivity contribution < 1.29 is 19.0 Å². The fourth-order valence-corrected chi connectivity index (χ4v) is 4.18. The van der Waals surface area contributed by atoms with E-state index >= 15 is 0 Å². The smallest absolute Gasteiger partial charge is 0.255 e. The summed E-state index contributed by atoms with van der Waals surface area (Å²) in [7, 11) is 3.20. The molecule has 0 spiro atoms. The third-order valence-electron chi connectivity index (χ3n) is 5.91. The maximum absolute atomic E-state index is 13.6. The average molecular weight is 456 g/mol. The van der Waals surface area contributed by atoms with Gasteiger partial charge in [0, 0.05) is 23.7 Å². The van der Waals surface area contributed by atoms with Gasteiger partial charge in [-0.05, 0) is 36.4 Å². The highest BCUT2D eigenvalue weighted by Gasteiger charge is 2.27. The van der Waals surface area contributed by atoms with Crippen molar-refractivity contribution in [1.82, 2.24) is 15.1 Å². The molecule has 1 atom stereocenters. The van der Waals surface area contributed by atoms with Gasteiger partial charge in [0.15, 0.2) is 0 Å². The first kappa shape index (κ1) is 21.6. The Balaban J connectivity index is 1.58. The van der Waals surface area contributed by atoms with Crippen molar-refractivity contribution in [3.05, 3.63) is 90.1 Å². The topological polar surface area (TPSA) is 74.6 Å². The van der Waals surface area contributed by atoms with Crippen LogP contribution in [0.15, 0.2) is 79.0 Å². The lowest BCUT2D eigenvalue weighted by Crippen LogP contribution is -2.32. The number of nitrogens with one attached hydrogen (secondary N) is 1. The van der Waals surface area contributed by atoms with Gasteiger partial charge >= 0.3 is 0 Å². The minimum atomic E-state index is -0.219. The van der Waals surface area contributed by atoms with Crippen LogP contribution in [0.1, 0.15) is 28.4 Å². The van der Waals surface area contributed by atoms with Crippen LogP contribution in [-0.4, -0.2) is 36.5 Å². The van der Waals surface area contributed by atoms with Crippen LogP contribution < -0.4 is 19.5 Å². The lowest BCUT2D eigenvalue weighted by atomic mass is 9.99. The van der Waals surface area contributed by atoms with Gasteiger partial charge in [0.25, 0.3) is 5.91 Å². The van der Waals surface area contributed by atoms with E-state index in [4.69, 9.17) is 19.3 Å². The van der Waals surface area contributed by atoms with Gasteiger partial charge in [-0.2, -0.15) is 5.10 Å². The second-order valence-corrected chi connectivity index (χ2v) is 7.94. The number of nitrogens with zero attached hydrogens (tertiary/aromatic N) is 2. The summed E-state index contributed by atoms with van der Waals surface area (Å²) in [5, 5.41) is 7.98. The van der Waals surface area contributed by atoms with E-state index in [0.717, 1.165) is 17.0 Å². The summed E-state index contributed by atoms with van der Waals surface area (Å²) in [6.07, 6.45) is 2.44. The number of carbonyl (C=O) groups excluding carboxylic acids is 1. The van der Waals surface area contributed by atoms with Crippen molar-refractivity contribution in [2.24, 2.45) is 0 Å². The van der Waals surface area contributed by atoms with Crippen LogP contribution in [-0.2, 0) is 0 Å². The molecule has 0 radical (unpaired) electrons. The highest BCUT2D eigenvalue weighted by molar-refractivity contribution is 6.01. The first-order chi connectivity index (χ1) is 16.7. The van der Waals surface area contributed by atoms with Crippen LogP contribution in [0.2, 0.25) is 0 Å². The van der Waals surface area contributed by atoms with Crippen LogP contribution in [0.25, 0.3) is 16.9 Å². The Labute approximate surface area is 197 Å². The quantitative estimate of drug-likeness (QED) is 0.452. The van der Waals surface area contributed by atoms with Crippen molar-refractivity contribution in [2.75, 3.05) is 20.8 Å². The van der Waals surface area contributed by atoms with E-state index in [0.29, 0.717) is 41.3 Å². The highest BCUT2D eigenvalue weighted by atomic mass is 16.5. The lowest BCUT2D eigenvalue weighted by molar-refractivity contribution is 0.0925. The number of methoxy groups -OCH3 is 2. The number of hydrogen-bond donors (Lipinski definition) is 1. The molecule has 4 aromatic rings. The maximum Gasteiger partial charge on any atom is 0.255 e. The molecule has 5 rings (SSSR count). The SMILES string of the molecule is COc1ccc(OC)c(-c2nn(-c3ccccc3)cc2C(=O)N[C@H]2CCOc3ccccc32)c1. The predicted molar refractivity (Wildman–Crippen MR) is 129 cm³/mol. The van der Waals surface area contributed by atoms with Gasteiger partial charge in [-0.25, -0.2) is 4.68 Å². The molecule has 7 nitrogen and oxygen atoms in total. The van der Waals surface area contributed by atoms with Crippen molar-refractivity contribution in [1.29, 1.82) is 0 Å². The van der Waals surface area contributed by atoms with Crippen LogP contribution in [0, 0.1) is 0 Å². The molecule has 2 heterocycles. The van der Waals surface area contributed by atoms with Gasteiger partial charge in [-0.3, -0.25) is 4.79 Å². The molecular formula is C27H25N3O4. The molecule has 1 aliphatic rings. The van der Waals surface area contributed by atoms with Gasteiger partial charge in [0.2, 0.25) is 0 Å². The number of amides is 1. The van der Waals surface area contributed by atoms with Crippen molar-refractivity contribution in [3.8, 4) is 34.2 Å². The molecule has 172 valence electrons. The first-order valence-electron chi connectivity index (χ1n) is 11.1. The van der Waals surface area contributed by atoms with Gasteiger partial charge in [-0.1, -0.05) is 36.4 Å². The zero-order chi connectivity index (χ0) is 23.5. The Morgan fingerprint density at radius 1 is 1.03 bits per heavy atom. The number of hydrogen-bond acceptors (Lipinski definition) is 5. The van der Waals surface area contributed by atoms with E-state index in [1.807, 2.05) is 72.8 Å². The molecule has 1 aromatic heterocycles. The Hall–Kier alpha value is -4.26. The number of fused-ring (bicyclic) bond motifs is 1. The van der Waals surface area contributed by atoms with Gasteiger partial charge in [0.05, 0.1) is 38.1 Å². The molecule has 0 saturated heterocycles. The first-order valence-corrected chi connectivity index (χ1v) is 11.1. The van der Waals surface area contributed by atoms with E-state index < -0.39 is 0 Å². The Bertz CT molecular complexity index is 1320. The summed E-state index contributed by atoms with van der Waals surface area (Å²) >= 11 is 0. The van der Waals surface area contributed by atoms with Gasteiger partial charge < -0.3 is 19.5 Å². The number of aromatic nitrogens is 2. The Morgan fingerprint density at radius 2 is 1.82 bits per heavy atom.